The van der Waals surface area contributed by atoms with Gasteiger partial charge in [-0.3, -0.25) is 0 Å². The molecule has 0 bridgehead atoms. The fourth-order valence-corrected chi connectivity index (χ4v) is 9.34. The average Bonchev–Trinajstić information content (AvgIpc) is 3.70. The molecule has 0 saturated heterocycles. The number of thiophene rings is 4. The normalized spacial score (nSPS) is 11.7. The first kappa shape index (κ1) is 23.9. The highest BCUT2D eigenvalue weighted by atomic mass is 32.1. The molecule has 0 atom stereocenters. The van der Waals surface area contributed by atoms with Crippen molar-refractivity contribution in [3.63, 3.8) is 0 Å². The molecule has 3 aromatic carbocycles. The lowest BCUT2D eigenvalue weighted by atomic mass is 9.93. The van der Waals surface area contributed by atoms with Crippen LogP contribution in [0.4, 0.5) is 8.78 Å². The van der Waals surface area contributed by atoms with Crippen LogP contribution in [0.15, 0.2) is 84.9 Å². The van der Waals surface area contributed by atoms with Crippen molar-refractivity contribution >= 4 is 65.5 Å². The highest BCUT2D eigenvalue weighted by molar-refractivity contribution is 7.28. The van der Waals surface area contributed by atoms with Crippen molar-refractivity contribution in [2.45, 2.75) is 13.8 Å². The van der Waals surface area contributed by atoms with E-state index >= 15 is 0 Å². The molecule has 0 aliphatic carbocycles. The van der Waals surface area contributed by atoms with E-state index < -0.39 is 0 Å². The van der Waals surface area contributed by atoms with E-state index in [1.165, 1.54) is 53.5 Å². The molecule has 0 amide bonds. The van der Waals surface area contributed by atoms with E-state index in [-0.39, 0.29) is 11.6 Å². The molecule has 4 heterocycles. The second-order valence-electron chi connectivity index (χ2n) is 9.29. The molecular weight excluding hydrogens is 551 g/mol. The lowest BCUT2D eigenvalue weighted by Crippen LogP contribution is -1.86. The van der Waals surface area contributed by atoms with Gasteiger partial charge in [0.05, 0.1) is 0 Å². The second-order valence-corrected chi connectivity index (χ2v) is 14.0. The Morgan fingerprint density at radius 1 is 0.447 bits per heavy atom. The largest absolute Gasteiger partial charge is 0.207 e. The van der Waals surface area contributed by atoms with Crippen molar-refractivity contribution in [1.82, 2.24) is 0 Å². The molecule has 7 aromatic rings. The zero-order valence-corrected chi connectivity index (χ0v) is 23.7. The first-order valence-corrected chi connectivity index (χ1v) is 15.4. The topological polar surface area (TPSA) is 0 Å². The quantitative estimate of drug-likeness (QED) is 0.197. The van der Waals surface area contributed by atoms with Crippen LogP contribution in [0.3, 0.4) is 0 Å². The van der Waals surface area contributed by atoms with E-state index in [9.17, 15) is 8.78 Å². The summed E-state index contributed by atoms with van der Waals surface area (Å²) in [6, 6.07) is 26.9. The third-order valence-corrected chi connectivity index (χ3v) is 11.4. The van der Waals surface area contributed by atoms with Crippen molar-refractivity contribution in [2.24, 2.45) is 0 Å². The molecule has 0 N–H and O–H groups in total. The smallest absolute Gasteiger partial charge is 0.123 e. The molecule has 0 aliphatic heterocycles. The Kier molecular flexibility index (Phi) is 5.82. The molecule has 0 radical (unpaired) electrons. The summed E-state index contributed by atoms with van der Waals surface area (Å²) in [5, 5.41) is 2.29. The highest BCUT2D eigenvalue weighted by Crippen LogP contribution is 2.53. The Morgan fingerprint density at radius 3 is 1.18 bits per heavy atom. The number of benzene rings is 3. The van der Waals surface area contributed by atoms with Gasteiger partial charge in [0.1, 0.15) is 11.6 Å². The Morgan fingerprint density at radius 2 is 0.842 bits per heavy atom. The zero-order valence-electron chi connectivity index (χ0n) is 20.5. The first-order valence-electron chi connectivity index (χ1n) is 12.1. The summed E-state index contributed by atoms with van der Waals surface area (Å²) in [4.78, 5) is 7.42. The van der Waals surface area contributed by atoms with Crippen molar-refractivity contribution < 1.29 is 8.78 Å². The van der Waals surface area contributed by atoms with Crippen LogP contribution in [-0.2, 0) is 0 Å². The van der Waals surface area contributed by atoms with Gasteiger partial charge in [-0.1, -0.05) is 24.3 Å². The van der Waals surface area contributed by atoms with Crippen LogP contribution in [-0.4, -0.2) is 0 Å². The van der Waals surface area contributed by atoms with Gasteiger partial charge in [-0.05, 0) is 85.6 Å². The molecule has 0 aliphatic rings. The van der Waals surface area contributed by atoms with Crippen molar-refractivity contribution in [2.75, 3.05) is 0 Å². The van der Waals surface area contributed by atoms with E-state index in [1.54, 1.807) is 45.3 Å². The molecule has 38 heavy (non-hydrogen) atoms. The summed E-state index contributed by atoms with van der Waals surface area (Å²) in [5.41, 5.74) is 4.24. The first-order chi connectivity index (χ1) is 18.4. The van der Waals surface area contributed by atoms with Gasteiger partial charge in [-0.25, -0.2) is 8.78 Å². The molecule has 6 heteroatoms. The van der Waals surface area contributed by atoms with Gasteiger partial charge >= 0.3 is 0 Å². The Labute approximate surface area is 235 Å². The predicted octanol–water partition coefficient (Wildman–Crippen LogP) is 11.8. The minimum Gasteiger partial charge on any atom is -0.207 e. The minimum absolute atomic E-state index is 0.245. The maximum atomic E-state index is 14.0. The minimum atomic E-state index is -0.245. The van der Waals surface area contributed by atoms with Gasteiger partial charge < -0.3 is 0 Å². The SMILES string of the molecule is Cc1ccc(-c2cc3c(-c4ccc(F)cc4)c4sc(-c5ccc(C)s5)cc4c(-c4ccc(F)cc4)c3s2)s1. The third kappa shape index (κ3) is 4.03. The Hall–Kier alpha value is -3.16. The van der Waals surface area contributed by atoms with Crippen LogP contribution in [0.25, 0.3) is 61.9 Å². The van der Waals surface area contributed by atoms with Crippen LogP contribution in [0.1, 0.15) is 9.75 Å². The standard InChI is InChI=1S/C32H20F2S4/c1-17-3-13-25(35-17)27-15-23-29(19-5-9-21(33)10-6-19)32-24(16-28(38-32)26-14-4-18(2)36-26)30(31(23)37-27)20-7-11-22(34)12-8-20/h3-16H,1-2H3. The third-order valence-electron chi connectivity index (χ3n) is 6.69. The van der Waals surface area contributed by atoms with Gasteiger partial charge in [0.2, 0.25) is 0 Å². The summed E-state index contributed by atoms with van der Waals surface area (Å²) < 4.78 is 30.3. The van der Waals surface area contributed by atoms with Crippen molar-refractivity contribution in [1.29, 1.82) is 0 Å². The summed E-state index contributed by atoms with van der Waals surface area (Å²) in [7, 11) is 0. The lowest BCUT2D eigenvalue weighted by molar-refractivity contribution is 0.627. The van der Waals surface area contributed by atoms with Crippen molar-refractivity contribution in [3.05, 3.63) is 106 Å². The van der Waals surface area contributed by atoms with Crippen LogP contribution < -0.4 is 0 Å². The lowest BCUT2D eigenvalue weighted by Gasteiger charge is -2.12. The Bertz CT molecular complexity index is 1750. The molecule has 186 valence electrons. The van der Waals surface area contributed by atoms with Crippen molar-refractivity contribution in [3.8, 4) is 41.8 Å². The number of halogens is 2. The highest BCUT2D eigenvalue weighted by Gasteiger charge is 2.23. The van der Waals surface area contributed by atoms with Gasteiger partial charge in [0.15, 0.2) is 0 Å². The van der Waals surface area contributed by atoms with Crippen LogP contribution in [0.5, 0.6) is 0 Å². The molecule has 0 spiro atoms. The number of rotatable bonds is 4. The molecule has 4 aromatic heterocycles. The molecule has 0 saturated carbocycles. The number of fused-ring (bicyclic) bond motifs is 2. The Balaban J connectivity index is 1.63. The fourth-order valence-electron chi connectivity index (χ4n) is 4.95. The van der Waals surface area contributed by atoms with E-state index in [2.05, 4.69) is 50.2 Å². The molecular formula is C32H20F2S4. The number of aryl methyl sites for hydroxylation is 2. The number of hydrogen-bond acceptors (Lipinski definition) is 4. The maximum absolute atomic E-state index is 14.0. The summed E-state index contributed by atoms with van der Waals surface area (Å²) in [6.07, 6.45) is 0. The fraction of sp³-hybridized carbons (Fsp3) is 0.0625. The summed E-state index contributed by atoms with van der Waals surface area (Å²) >= 11 is 7.12. The second kappa shape index (κ2) is 9.24. The van der Waals surface area contributed by atoms with E-state index in [0.29, 0.717) is 0 Å². The van der Waals surface area contributed by atoms with Gasteiger partial charge in [-0.15, -0.1) is 45.3 Å². The molecule has 0 unspecified atom stereocenters. The van der Waals surface area contributed by atoms with E-state index in [1.807, 2.05) is 24.3 Å². The molecule has 0 nitrogen and oxygen atoms in total. The predicted molar refractivity (Wildman–Crippen MR) is 164 cm³/mol. The van der Waals surface area contributed by atoms with Crippen LogP contribution in [0, 0.1) is 25.5 Å². The van der Waals surface area contributed by atoms with Crippen LogP contribution in [0.2, 0.25) is 0 Å². The summed E-state index contributed by atoms with van der Waals surface area (Å²) in [5.74, 6) is -0.490. The molecule has 7 rings (SSSR count). The van der Waals surface area contributed by atoms with Gasteiger partial charge in [0, 0.05) is 60.6 Å². The number of hydrogen-bond donors (Lipinski definition) is 0. The zero-order chi connectivity index (χ0) is 26.0. The van der Waals surface area contributed by atoms with E-state index in [4.69, 9.17) is 0 Å². The maximum Gasteiger partial charge on any atom is 0.123 e. The van der Waals surface area contributed by atoms with Crippen LogP contribution >= 0.6 is 45.3 Å². The average molecular weight is 571 g/mol. The van der Waals surface area contributed by atoms with Gasteiger partial charge in [-0.2, -0.15) is 0 Å². The summed E-state index contributed by atoms with van der Waals surface area (Å²) in [6.45, 7) is 4.25. The van der Waals surface area contributed by atoms with E-state index in [0.717, 1.165) is 42.4 Å². The molecule has 0 fully saturated rings. The monoisotopic (exact) mass is 570 g/mol. The van der Waals surface area contributed by atoms with Gasteiger partial charge in [0.25, 0.3) is 0 Å².